The van der Waals surface area contributed by atoms with Gasteiger partial charge in [0.1, 0.15) is 0 Å². The van der Waals surface area contributed by atoms with Crippen molar-refractivity contribution in [3.8, 4) is 0 Å². The van der Waals surface area contributed by atoms with Gasteiger partial charge in [-0.3, -0.25) is 4.79 Å². The van der Waals surface area contributed by atoms with E-state index in [-0.39, 0.29) is 5.91 Å². The molecule has 0 spiro atoms. The van der Waals surface area contributed by atoms with Crippen molar-refractivity contribution in [1.82, 2.24) is 10.3 Å². The maximum absolute atomic E-state index is 11.8. The molecule has 1 aromatic heterocycles. The van der Waals surface area contributed by atoms with Gasteiger partial charge in [0.2, 0.25) is 5.91 Å². The predicted molar refractivity (Wildman–Crippen MR) is 94.5 cm³/mol. The molecule has 0 aliphatic heterocycles. The summed E-state index contributed by atoms with van der Waals surface area (Å²) in [6, 6.07) is 8.28. The van der Waals surface area contributed by atoms with Gasteiger partial charge in [-0.1, -0.05) is 32.0 Å². The second-order valence-corrected chi connectivity index (χ2v) is 6.39. The molecule has 0 aliphatic carbocycles. The van der Waals surface area contributed by atoms with Crippen LogP contribution in [0.5, 0.6) is 0 Å². The van der Waals surface area contributed by atoms with E-state index in [0.717, 1.165) is 31.4 Å². The highest BCUT2D eigenvalue weighted by Crippen LogP contribution is 2.19. The van der Waals surface area contributed by atoms with E-state index >= 15 is 0 Å². The second-order valence-electron chi connectivity index (χ2n) is 6.39. The highest BCUT2D eigenvalue weighted by molar-refractivity contribution is 5.83. The highest BCUT2D eigenvalue weighted by atomic mass is 16.5. The molecule has 23 heavy (non-hydrogen) atoms. The number of carbonyl (C=O) groups is 1. The maximum Gasteiger partial charge on any atom is 0.220 e. The van der Waals surface area contributed by atoms with E-state index in [1.807, 2.05) is 12.1 Å². The minimum absolute atomic E-state index is 0.133. The minimum atomic E-state index is 0.133. The number of nitrogens with one attached hydrogen (secondary N) is 2. The van der Waals surface area contributed by atoms with Crippen LogP contribution in [0.25, 0.3) is 10.9 Å². The predicted octanol–water partition coefficient (Wildman–Crippen LogP) is 3.67. The average Bonchev–Trinajstić information content (AvgIpc) is 2.94. The number of amides is 1. The van der Waals surface area contributed by atoms with Crippen LogP contribution in [0.2, 0.25) is 0 Å². The van der Waals surface area contributed by atoms with Crippen molar-refractivity contribution in [2.75, 3.05) is 19.8 Å². The smallest absolute Gasteiger partial charge is 0.220 e. The first kappa shape index (κ1) is 17.5. The zero-order chi connectivity index (χ0) is 16.5. The van der Waals surface area contributed by atoms with Crippen molar-refractivity contribution in [3.05, 3.63) is 36.0 Å². The molecule has 0 aliphatic rings. The SMILES string of the molecule is CC(C)COCCCNC(=O)CCCc1c[nH]c2ccccc12. The van der Waals surface area contributed by atoms with Gasteiger partial charge in [-0.25, -0.2) is 0 Å². The van der Waals surface area contributed by atoms with Crippen LogP contribution in [0, 0.1) is 5.92 Å². The summed E-state index contributed by atoms with van der Waals surface area (Å²) >= 11 is 0. The second kappa shape index (κ2) is 9.36. The number of rotatable bonds is 10. The van der Waals surface area contributed by atoms with Gasteiger partial charge in [0.25, 0.3) is 0 Å². The van der Waals surface area contributed by atoms with Crippen LogP contribution in [0.4, 0.5) is 0 Å². The number of para-hydroxylation sites is 1. The van der Waals surface area contributed by atoms with Gasteiger partial charge in [-0.2, -0.15) is 0 Å². The molecule has 0 bridgehead atoms. The summed E-state index contributed by atoms with van der Waals surface area (Å²) in [7, 11) is 0. The molecule has 0 saturated heterocycles. The van der Waals surface area contributed by atoms with Crippen molar-refractivity contribution >= 4 is 16.8 Å². The number of aromatic nitrogens is 1. The highest BCUT2D eigenvalue weighted by Gasteiger charge is 2.05. The quantitative estimate of drug-likeness (QED) is 0.657. The van der Waals surface area contributed by atoms with E-state index in [1.165, 1.54) is 10.9 Å². The van der Waals surface area contributed by atoms with Gasteiger partial charge in [0.15, 0.2) is 0 Å². The minimum Gasteiger partial charge on any atom is -0.381 e. The zero-order valence-corrected chi connectivity index (χ0v) is 14.2. The molecular weight excluding hydrogens is 288 g/mol. The number of aromatic amines is 1. The lowest BCUT2D eigenvalue weighted by Crippen LogP contribution is -2.25. The summed E-state index contributed by atoms with van der Waals surface area (Å²) in [4.78, 5) is 15.1. The first-order valence-corrected chi connectivity index (χ1v) is 8.56. The van der Waals surface area contributed by atoms with Crippen LogP contribution in [0.3, 0.4) is 0 Å². The number of fused-ring (bicyclic) bond motifs is 1. The summed E-state index contributed by atoms with van der Waals surface area (Å²) < 4.78 is 5.49. The Kier molecular flexibility index (Phi) is 7.14. The van der Waals surface area contributed by atoms with Gasteiger partial charge < -0.3 is 15.0 Å². The Labute approximate surface area is 138 Å². The van der Waals surface area contributed by atoms with E-state index in [4.69, 9.17) is 4.74 Å². The Bertz CT molecular complexity index is 604. The molecule has 0 radical (unpaired) electrons. The summed E-state index contributed by atoms with van der Waals surface area (Å²) in [5.74, 6) is 0.697. The number of benzene rings is 1. The topological polar surface area (TPSA) is 54.1 Å². The first-order valence-electron chi connectivity index (χ1n) is 8.56. The Hall–Kier alpha value is -1.81. The maximum atomic E-state index is 11.8. The fraction of sp³-hybridized carbons (Fsp3) is 0.526. The van der Waals surface area contributed by atoms with Crippen LogP contribution >= 0.6 is 0 Å². The largest absolute Gasteiger partial charge is 0.381 e. The molecule has 2 N–H and O–H groups in total. The first-order chi connectivity index (χ1) is 11.2. The summed E-state index contributed by atoms with van der Waals surface area (Å²) in [5.41, 5.74) is 2.45. The van der Waals surface area contributed by atoms with Crippen molar-refractivity contribution in [3.63, 3.8) is 0 Å². The van der Waals surface area contributed by atoms with Crippen molar-refractivity contribution in [2.24, 2.45) is 5.92 Å². The van der Waals surface area contributed by atoms with E-state index in [9.17, 15) is 4.79 Å². The lowest BCUT2D eigenvalue weighted by atomic mass is 10.1. The zero-order valence-electron chi connectivity index (χ0n) is 14.2. The van der Waals surface area contributed by atoms with Gasteiger partial charge in [-0.05, 0) is 36.8 Å². The number of ether oxygens (including phenoxy) is 1. The van der Waals surface area contributed by atoms with Crippen molar-refractivity contribution in [2.45, 2.75) is 39.5 Å². The molecule has 0 fully saturated rings. The van der Waals surface area contributed by atoms with Crippen LogP contribution in [0.15, 0.2) is 30.5 Å². The number of aryl methyl sites for hydroxylation is 1. The fourth-order valence-electron chi connectivity index (χ4n) is 2.59. The molecule has 2 rings (SSSR count). The Morgan fingerprint density at radius 1 is 1.26 bits per heavy atom. The van der Waals surface area contributed by atoms with Crippen LogP contribution in [0.1, 0.15) is 38.7 Å². The molecule has 0 unspecified atom stereocenters. The third kappa shape index (κ3) is 6.06. The third-order valence-corrected chi connectivity index (χ3v) is 3.76. The van der Waals surface area contributed by atoms with Crippen molar-refractivity contribution in [1.29, 1.82) is 0 Å². The van der Waals surface area contributed by atoms with E-state index < -0.39 is 0 Å². The molecule has 1 aromatic carbocycles. The number of hydrogen-bond acceptors (Lipinski definition) is 2. The molecule has 4 nitrogen and oxygen atoms in total. The Morgan fingerprint density at radius 3 is 2.91 bits per heavy atom. The standard InChI is InChI=1S/C19H28N2O2/c1-15(2)14-23-12-6-11-20-19(22)10-5-7-16-13-21-18-9-4-3-8-17(16)18/h3-4,8-9,13,15,21H,5-7,10-12,14H2,1-2H3,(H,20,22). The summed E-state index contributed by atoms with van der Waals surface area (Å²) in [6.45, 7) is 6.47. The van der Waals surface area contributed by atoms with Gasteiger partial charge in [0.05, 0.1) is 0 Å². The van der Waals surface area contributed by atoms with E-state index in [1.54, 1.807) is 0 Å². The monoisotopic (exact) mass is 316 g/mol. The number of carbonyl (C=O) groups excluding carboxylic acids is 1. The average molecular weight is 316 g/mol. The van der Waals surface area contributed by atoms with Crippen LogP contribution in [-0.4, -0.2) is 30.6 Å². The van der Waals surface area contributed by atoms with Gasteiger partial charge in [0, 0.05) is 43.3 Å². The number of hydrogen-bond donors (Lipinski definition) is 2. The van der Waals surface area contributed by atoms with E-state index in [2.05, 4.69) is 42.5 Å². The Balaban J connectivity index is 1.58. The molecule has 4 heteroatoms. The Morgan fingerprint density at radius 2 is 2.09 bits per heavy atom. The summed E-state index contributed by atoms with van der Waals surface area (Å²) in [5, 5.41) is 4.22. The molecule has 1 amide bonds. The molecule has 0 saturated carbocycles. The third-order valence-electron chi connectivity index (χ3n) is 3.76. The van der Waals surface area contributed by atoms with E-state index in [0.29, 0.717) is 25.5 Å². The van der Waals surface area contributed by atoms with Crippen molar-refractivity contribution < 1.29 is 9.53 Å². The molecule has 1 heterocycles. The lowest BCUT2D eigenvalue weighted by molar-refractivity contribution is -0.121. The lowest BCUT2D eigenvalue weighted by Gasteiger charge is -2.07. The molecular formula is C19H28N2O2. The fourth-order valence-corrected chi connectivity index (χ4v) is 2.59. The molecule has 0 atom stereocenters. The normalized spacial score (nSPS) is 11.3. The number of H-pyrrole nitrogens is 1. The molecule has 2 aromatic rings. The van der Waals surface area contributed by atoms with Gasteiger partial charge in [-0.15, -0.1) is 0 Å². The summed E-state index contributed by atoms with van der Waals surface area (Å²) in [6.07, 6.45) is 5.30. The van der Waals surface area contributed by atoms with Gasteiger partial charge >= 0.3 is 0 Å². The molecule has 126 valence electrons. The van der Waals surface area contributed by atoms with Crippen LogP contribution < -0.4 is 5.32 Å². The van der Waals surface area contributed by atoms with Crippen LogP contribution in [-0.2, 0) is 16.0 Å².